The molecule has 0 saturated carbocycles. The summed E-state index contributed by atoms with van der Waals surface area (Å²) in [5.74, 6) is 0. The lowest BCUT2D eigenvalue weighted by molar-refractivity contribution is 0.202. The largest absolute Gasteiger partial charge is 0.383 e. The van der Waals surface area contributed by atoms with Gasteiger partial charge in [-0.05, 0) is 25.8 Å². The zero-order chi connectivity index (χ0) is 15.7. The van der Waals surface area contributed by atoms with Crippen LogP contribution in [0.25, 0.3) is 0 Å². The minimum absolute atomic E-state index is 0.544. The Morgan fingerprint density at radius 3 is 2.48 bits per heavy atom. The summed E-state index contributed by atoms with van der Waals surface area (Å²) in [5.41, 5.74) is 1.24. The fourth-order valence-electron chi connectivity index (χ4n) is 2.50. The molecule has 0 unspecified atom stereocenters. The molecule has 21 heavy (non-hydrogen) atoms. The Balaban J connectivity index is 2.97. The molecule has 1 heterocycles. The molecular formula is C16H31N3OS. The second-order valence-corrected chi connectivity index (χ2v) is 6.22. The second kappa shape index (κ2) is 10.1. The molecule has 0 aromatic carbocycles. The Bertz CT molecular complexity index is 391. The van der Waals surface area contributed by atoms with Gasteiger partial charge in [-0.1, -0.05) is 27.7 Å². The molecule has 122 valence electrons. The molecule has 1 aromatic heterocycles. The van der Waals surface area contributed by atoms with E-state index in [-0.39, 0.29) is 0 Å². The number of thiazole rings is 1. The van der Waals surface area contributed by atoms with Crippen molar-refractivity contribution in [2.24, 2.45) is 0 Å². The summed E-state index contributed by atoms with van der Waals surface area (Å²) in [5, 5.41) is 4.58. The van der Waals surface area contributed by atoms with Crippen LogP contribution in [0.4, 0.5) is 5.13 Å². The molecular weight excluding hydrogens is 282 g/mol. The molecule has 4 nitrogen and oxygen atoms in total. The van der Waals surface area contributed by atoms with E-state index in [0.717, 1.165) is 50.6 Å². The van der Waals surface area contributed by atoms with Crippen molar-refractivity contribution in [3.8, 4) is 0 Å². The maximum atomic E-state index is 5.28. The quantitative estimate of drug-likeness (QED) is 0.679. The SMILES string of the molecule is CCNCc1sc(N(CCOC)C(CC)CC)nc1CC. The highest BCUT2D eigenvalue weighted by atomic mass is 32.1. The Hall–Kier alpha value is -0.650. The maximum Gasteiger partial charge on any atom is 0.186 e. The predicted octanol–water partition coefficient (Wildman–Crippen LogP) is 3.46. The summed E-state index contributed by atoms with van der Waals surface area (Å²) in [4.78, 5) is 8.71. The van der Waals surface area contributed by atoms with Crippen molar-refractivity contribution in [2.75, 3.05) is 31.7 Å². The summed E-state index contributed by atoms with van der Waals surface area (Å²) in [6.07, 6.45) is 3.28. The molecule has 0 fully saturated rings. The van der Waals surface area contributed by atoms with E-state index in [9.17, 15) is 0 Å². The topological polar surface area (TPSA) is 37.4 Å². The van der Waals surface area contributed by atoms with E-state index in [1.807, 2.05) is 11.3 Å². The van der Waals surface area contributed by atoms with Crippen molar-refractivity contribution in [2.45, 2.75) is 59.5 Å². The Morgan fingerprint density at radius 1 is 1.24 bits per heavy atom. The lowest BCUT2D eigenvalue weighted by Crippen LogP contribution is -2.37. The van der Waals surface area contributed by atoms with Crippen molar-refractivity contribution in [3.63, 3.8) is 0 Å². The zero-order valence-corrected chi connectivity index (χ0v) is 15.1. The standard InChI is InChI=1S/C16H31N3OS/c1-6-13(7-2)19(10-11-20-5)16-18-14(8-3)15(21-16)12-17-9-4/h13,17H,6-12H2,1-5H3. The van der Waals surface area contributed by atoms with E-state index in [0.29, 0.717) is 6.04 Å². The van der Waals surface area contributed by atoms with Gasteiger partial charge in [0.1, 0.15) is 0 Å². The van der Waals surface area contributed by atoms with E-state index < -0.39 is 0 Å². The van der Waals surface area contributed by atoms with Gasteiger partial charge in [-0.2, -0.15) is 0 Å². The monoisotopic (exact) mass is 313 g/mol. The van der Waals surface area contributed by atoms with Gasteiger partial charge in [-0.3, -0.25) is 0 Å². The third kappa shape index (κ3) is 5.24. The van der Waals surface area contributed by atoms with Gasteiger partial charge in [0.2, 0.25) is 0 Å². The fraction of sp³-hybridized carbons (Fsp3) is 0.812. The van der Waals surface area contributed by atoms with Crippen molar-refractivity contribution in [1.82, 2.24) is 10.3 Å². The first-order valence-electron chi connectivity index (χ1n) is 8.16. The normalized spacial score (nSPS) is 11.3. The average molecular weight is 314 g/mol. The average Bonchev–Trinajstić information content (AvgIpc) is 2.92. The molecule has 0 spiro atoms. The van der Waals surface area contributed by atoms with Crippen molar-refractivity contribution in [1.29, 1.82) is 0 Å². The number of hydrogen-bond donors (Lipinski definition) is 1. The minimum atomic E-state index is 0.544. The summed E-state index contributed by atoms with van der Waals surface area (Å²) >= 11 is 1.84. The molecule has 0 bridgehead atoms. The van der Waals surface area contributed by atoms with Gasteiger partial charge < -0.3 is 15.0 Å². The van der Waals surface area contributed by atoms with E-state index in [1.54, 1.807) is 7.11 Å². The van der Waals surface area contributed by atoms with Crippen LogP contribution < -0.4 is 10.2 Å². The summed E-state index contributed by atoms with van der Waals surface area (Å²) in [7, 11) is 1.76. The third-order valence-corrected chi connectivity index (χ3v) is 4.94. The van der Waals surface area contributed by atoms with E-state index in [2.05, 4.69) is 37.9 Å². The van der Waals surface area contributed by atoms with Crippen LogP contribution in [0.5, 0.6) is 0 Å². The second-order valence-electron chi connectivity index (χ2n) is 5.16. The highest BCUT2D eigenvalue weighted by molar-refractivity contribution is 7.15. The molecule has 0 radical (unpaired) electrons. The Labute approximate surface area is 133 Å². The van der Waals surface area contributed by atoms with Crippen LogP contribution >= 0.6 is 11.3 Å². The lowest BCUT2D eigenvalue weighted by atomic mass is 10.1. The van der Waals surface area contributed by atoms with Crippen LogP contribution in [-0.4, -0.2) is 37.8 Å². The zero-order valence-electron chi connectivity index (χ0n) is 14.2. The number of methoxy groups -OCH3 is 1. The highest BCUT2D eigenvalue weighted by Crippen LogP contribution is 2.29. The molecule has 0 saturated heterocycles. The Morgan fingerprint density at radius 2 is 1.95 bits per heavy atom. The summed E-state index contributed by atoms with van der Waals surface area (Å²) in [6, 6.07) is 0.544. The van der Waals surface area contributed by atoms with Crippen molar-refractivity contribution in [3.05, 3.63) is 10.6 Å². The number of anilines is 1. The van der Waals surface area contributed by atoms with Crippen molar-refractivity contribution >= 4 is 16.5 Å². The number of nitrogens with zero attached hydrogens (tertiary/aromatic N) is 2. The number of ether oxygens (including phenoxy) is 1. The van der Waals surface area contributed by atoms with Crippen LogP contribution in [-0.2, 0) is 17.7 Å². The highest BCUT2D eigenvalue weighted by Gasteiger charge is 2.20. The van der Waals surface area contributed by atoms with E-state index >= 15 is 0 Å². The summed E-state index contributed by atoms with van der Waals surface area (Å²) < 4.78 is 5.28. The molecule has 0 aliphatic carbocycles. The van der Waals surface area contributed by atoms with Crippen LogP contribution in [0.15, 0.2) is 0 Å². The van der Waals surface area contributed by atoms with Crippen LogP contribution in [0.1, 0.15) is 51.1 Å². The van der Waals surface area contributed by atoms with Crippen LogP contribution in [0.3, 0.4) is 0 Å². The molecule has 0 amide bonds. The van der Waals surface area contributed by atoms with Gasteiger partial charge in [-0.15, -0.1) is 11.3 Å². The van der Waals surface area contributed by atoms with E-state index in [1.165, 1.54) is 10.6 Å². The van der Waals surface area contributed by atoms with Crippen LogP contribution in [0.2, 0.25) is 0 Å². The molecule has 5 heteroatoms. The first-order valence-corrected chi connectivity index (χ1v) is 8.98. The van der Waals surface area contributed by atoms with Gasteiger partial charge in [0.15, 0.2) is 5.13 Å². The third-order valence-electron chi connectivity index (χ3n) is 3.80. The maximum absolute atomic E-state index is 5.28. The van der Waals surface area contributed by atoms with Crippen LogP contribution in [0, 0.1) is 0 Å². The number of rotatable bonds is 11. The first-order chi connectivity index (χ1) is 10.2. The molecule has 1 aromatic rings. The molecule has 0 aliphatic rings. The summed E-state index contributed by atoms with van der Waals surface area (Å²) in [6.45, 7) is 12.4. The fourth-order valence-corrected chi connectivity index (χ4v) is 3.71. The number of hydrogen-bond acceptors (Lipinski definition) is 5. The van der Waals surface area contributed by atoms with Gasteiger partial charge in [-0.25, -0.2) is 4.98 Å². The lowest BCUT2D eigenvalue weighted by Gasteiger charge is -2.30. The van der Waals surface area contributed by atoms with Gasteiger partial charge in [0, 0.05) is 31.1 Å². The minimum Gasteiger partial charge on any atom is -0.383 e. The molecule has 1 N–H and O–H groups in total. The molecule has 1 rings (SSSR count). The number of aryl methyl sites for hydroxylation is 1. The van der Waals surface area contributed by atoms with Gasteiger partial charge >= 0.3 is 0 Å². The number of nitrogens with one attached hydrogen (secondary N) is 1. The predicted molar refractivity (Wildman–Crippen MR) is 92.5 cm³/mol. The Kier molecular flexibility index (Phi) is 8.88. The molecule has 0 atom stereocenters. The van der Waals surface area contributed by atoms with Crippen molar-refractivity contribution < 1.29 is 4.74 Å². The number of aromatic nitrogens is 1. The smallest absolute Gasteiger partial charge is 0.186 e. The van der Waals surface area contributed by atoms with E-state index in [4.69, 9.17) is 9.72 Å². The van der Waals surface area contributed by atoms with Gasteiger partial charge in [0.05, 0.1) is 12.3 Å². The molecule has 0 aliphatic heterocycles. The van der Waals surface area contributed by atoms with Gasteiger partial charge in [0.25, 0.3) is 0 Å². The first kappa shape index (κ1) is 18.4.